The Balaban J connectivity index is 1.93. The van der Waals surface area contributed by atoms with Crippen molar-refractivity contribution in [2.75, 3.05) is 5.32 Å². The van der Waals surface area contributed by atoms with Gasteiger partial charge in [-0.05, 0) is 44.5 Å². The van der Waals surface area contributed by atoms with Crippen LogP contribution in [0.15, 0.2) is 23.0 Å². The number of anilines is 1. The van der Waals surface area contributed by atoms with Crippen molar-refractivity contribution < 1.29 is 4.79 Å². The molecule has 1 N–H and O–H groups in total. The topological polar surface area (TPSA) is 64.0 Å². The first-order chi connectivity index (χ1) is 11.8. The van der Waals surface area contributed by atoms with E-state index in [2.05, 4.69) is 10.3 Å². The monoisotopic (exact) mass is 395 g/mol. The summed E-state index contributed by atoms with van der Waals surface area (Å²) in [6, 6.07) is 4.79. The molecule has 2 aromatic heterocycles. The Bertz CT molecular complexity index is 1060. The summed E-state index contributed by atoms with van der Waals surface area (Å²) in [6.45, 7) is 5.43. The van der Waals surface area contributed by atoms with Crippen molar-refractivity contribution in [2.45, 2.75) is 27.3 Å². The number of nitrogens with one attached hydrogen (secondary N) is 1. The Morgan fingerprint density at radius 2 is 2.00 bits per heavy atom. The molecule has 2 heterocycles. The van der Waals surface area contributed by atoms with Crippen LogP contribution in [0.5, 0.6) is 0 Å². The summed E-state index contributed by atoms with van der Waals surface area (Å²) in [7, 11) is 0. The van der Waals surface area contributed by atoms with E-state index in [9.17, 15) is 9.59 Å². The Kier molecular flexibility index (Phi) is 4.86. The van der Waals surface area contributed by atoms with Crippen molar-refractivity contribution in [3.63, 3.8) is 0 Å². The van der Waals surface area contributed by atoms with Crippen molar-refractivity contribution in [3.8, 4) is 0 Å². The van der Waals surface area contributed by atoms with Gasteiger partial charge in [0.05, 0.1) is 16.1 Å². The van der Waals surface area contributed by atoms with Crippen LogP contribution in [0.25, 0.3) is 10.2 Å². The van der Waals surface area contributed by atoms with Gasteiger partial charge in [0, 0.05) is 9.90 Å². The fourth-order valence-corrected chi connectivity index (χ4v) is 4.06. The molecule has 8 heteroatoms. The molecule has 0 radical (unpaired) electrons. The molecule has 0 aliphatic rings. The number of rotatable bonds is 3. The van der Waals surface area contributed by atoms with Gasteiger partial charge in [-0.25, -0.2) is 4.98 Å². The number of hydrogen-bond acceptors (Lipinski definition) is 4. The molecule has 0 fully saturated rings. The van der Waals surface area contributed by atoms with E-state index >= 15 is 0 Å². The van der Waals surface area contributed by atoms with Crippen molar-refractivity contribution >= 4 is 56.3 Å². The number of hydrogen-bond donors (Lipinski definition) is 1. The lowest BCUT2D eigenvalue weighted by molar-refractivity contribution is -0.116. The minimum Gasteiger partial charge on any atom is -0.323 e. The highest BCUT2D eigenvalue weighted by atomic mass is 35.5. The standard InChI is InChI=1S/C17H15Cl2N3O2S/c1-8-9(2)25-16-15(8)17(24)22(10(3)20-16)7-14(23)21-13-5-4-11(18)6-12(13)19/h4-6H,7H2,1-3H3,(H,21,23). The quantitative estimate of drug-likeness (QED) is 0.717. The Labute approximate surface area is 158 Å². The third kappa shape index (κ3) is 3.42. The number of benzene rings is 1. The number of carbonyl (C=O) groups excluding carboxylic acids is 1. The molecule has 0 unspecified atom stereocenters. The van der Waals surface area contributed by atoms with Crippen LogP contribution in [0.1, 0.15) is 16.3 Å². The van der Waals surface area contributed by atoms with Gasteiger partial charge in [0.1, 0.15) is 17.2 Å². The van der Waals surface area contributed by atoms with Gasteiger partial charge in [-0.15, -0.1) is 11.3 Å². The molecule has 0 spiro atoms. The fraction of sp³-hybridized carbons (Fsp3) is 0.235. The van der Waals surface area contributed by atoms with Crippen LogP contribution in [-0.2, 0) is 11.3 Å². The summed E-state index contributed by atoms with van der Waals surface area (Å²) in [4.78, 5) is 31.4. The molecular formula is C17H15Cl2N3O2S. The van der Waals surface area contributed by atoms with E-state index in [1.165, 1.54) is 15.9 Å². The molecule has 1 aromatic carbocycles. The first-order valence-corrected chi connectivity index (χ1v) is 9.07. The van der Waals surface area contributed by atoms with Gasteiger partial charge in [0.2, 0.25) is 5.91 Å². The average Bonchev–Trinajstić information content (AvgIpc) is 2.81. The Hall–Kier alpha value is -1.89. The zero-order valence-corrected chi connectivity index (χ0v) is 16.1. The van der Waals surface area contributed by atoms with Gasteiger partial charge in [-0.2, -0.15) is 0 Å². The van der Waals surface area contributed by atoms with Gasteiger partial charge in [-0.1, -0.05) is 23.2 Å². The molecule has 1 amide bonds. The van der Waals surface area contributed by atoms with Crippen LogP contribution >= 0.6 is 34.5 Å². The lowest BCUT2D eigenvalue weighted by Gasteiger charge is -2.11. The lowest BCUT2D eigenvalue weighted by atomic mass is 10.2. The number of nitrogens with zero attached hydrogens (tertiary/aromatic N) is 2. The van der Waals surface area contributed by atoms with Gasteiger partial charge in [0.15, 0.2) is 0 Å². The van der Waals surface area contributed by atoms with Crippen LogP contribution in [0, 0.1) is 20.8 Å². The highest BCUT2D eigenvalue weighted by Gasteiger charge is 2.16. The highest BCUT2D eigenvalue weighted by Crippen LogP contribution is 2.27. The summed E-state index contributed by atoms with van der Waals surface area (Å²) in [5, 5.41) is 4.08. The lowest BCUT2D eigenvalue weighted by Crippen LogP contribution is -2.30. The molecule has 0 aliphatic heterocycles. The molecule has 3 rings (SSSR count). The maximum absolute atomic E-state index is 12.8. The number of aromatic nitrogens is 2. The summed E-state index contributed by atoms with van der Waals surface area (Å²) in [5.41, 5.74) is 1.15. The van der Waals surface area contributed by atoms with Crippen LogP contribution in [0.4, 0.5) is 5.69 Å². The predicted octanol–water partition coefficient (Wildman–Crippen LogP) is 4.33. The summed E-state index contributed by atoms with van der Waals surface area (Å²) >= 11 is 13.4. The second kappa shape index (κ2) is 6.78. The van der Waals surface area contributed by atoms with Crippen LogP contribution in [0.3, 0.4) is 0 Å². The van der Waals surface area contributed by atoms with Gasteiger partial charge >= 0.3 is 0 Å². The number of fused-ring (bicyclic) bond motifs is 1. The number of aryl methyl sites for hydroxylation is 3. The van der Waals surface area contributed by atoms with E-state index in [0.29, 0.717) is 31.8 Å². The second-order valence-electron chi connectivity index (χ2n) is 5.69. The van der Waals surface area contributed by atoms with Crippen LogP contribution in [-0.4, -0.2) is 15.5 Å². The normalized spacial score (nSPS) is 11.1. The molecule has 3 aromatic rings. The number of carbonyl (C=O) groups is 1. The molecular weight excluding hydrogens is 381 g/mol. The van der Waals surface area contributed by atoms with Crippen LogP contribution < -0.4 is 10.9 Å². The zero-order chi connectivity index (χ0) is 18.3. The van der Waals surface area contributed by atoms with E-state index in [4.69, 9.17) is 23.2 Å². The molecule has 0 bridgehead atoms. The molecule has 5 nitrogen and oxygen atoms in total. The largest absolute Gasteiger partial charge is 0.323 e. The first kappa shape index (κ1) is 17.9. The summed E-state index contributed by atoms with van der Waals surface area (Å²) < 4.78 is 1.38. The average molecular weight is 396 g/mol. The van der Waals surface area contributed by atoms with Crippen molar-refractivity contribution in [3.05, 3.63) is 54.9 Å². The van der Waals surface area contributed by atoms with Crippen molar-refractivity contribution in [2.24, 2.45) is 0 Å². The maximum atomic E-state index is 12.8. The molecule has 0 atom stereocenters. The zero-order valence-electron chi connectivity index (χ0n) is 13.8. The maximum Gasteiger partial charge on any atom is 0.263 e. The smallest absolute Gasteiger partial charge is 0.263 e. The summed E-state index contributed by atoms with van der Waals surface area (Å²) in [5.74, 6) is 0.135. The molecule has 0 saturated heterocycles. The highest BCUT2D eigenvalue weighted by molar-refractivity contribution is 7.18. The molecule has 130 valence electrons. The van der Waals surface area contributed by atoms with Gasteiger partial charge in [-0.3, -0.25) is 14.2 Å². The molecule has 0 saturated carbocycles. The minimum absolute atomic E-state index is 0.138. The summed E-state index contributed by atoms with van der Waals surface area (Å²) in [6.07, 6.45) is 0. The van der Waals surface area contributed by atoms with Gasteiger partial charge in [0.25, 0.3) is 5.56 Å². The minimum atomic E-state index is -0.361. The number of halogens is 2. The van der Waals surface area contributed by atoms with E-state index in [1.54, 1.807) is 25.1 Å². The van der Waals surface area contributed by atoms with Gasteiger partial charge < -0.3 is 5.32 Å². The molecule has 0 aliphatic carbocycles. The third-order valence-corrected chi connectivity index (χ3v) is 5.64. The number of thiophene rings is 1. The van der Waals surface area contributed by atoms with E-state index < -0.39 is 0 Å². The Morgan fingerprint density at radius 1 is 1.28 bits per heavy atom. The van der Waals surface area contributed by atoms with E-state index in [-0.39, 0.29) is 18.0 Å². The fourth-order valence-electron chi connectivity index (χ4n) is 2.54. The molecule has 25 heavy (non-hydrogen) atoms. The van der Waals surface area contributed by atoms with Crippen molar-refractivity contribution in [1.29, 1.82) is 0 Å². The SMILES string of the molecule is Cc1sc2nc(C)n(CC(=O)Nc3ccc(Cl)cc3Cl)c(=O)c2c1C. The number of amides is 1. The van der Waals surface area contributed by atoms with E-state index in [1.807, 2.05) is 13.8 Å². The van der Waals surface area contributed by atoms with E-state index in [0.717, 1.165) is 10.4 Å². The first-order valence-electron chi connectivity index (χ1n) is 7.50. The third-order valence-electron chi connectivity index (χ3n) is 3.99. The predicted molar refractivity (Wildman–Crippen MR) is 103 cm³/mol. The van der Waals surface area contributed by atoms with Crippen LogP contribution in [0.2, 0.25) is 10.0 Å². The second-order valence-corrected chi connectivity index (χ2v) is 7.73. The van der Waals surface area contributed by atoms with Crippen molar-refractivity contribution in [1.82, 2.24) is 9.55 Å². The Morgan fingerprint density at radius 3 is 2.68 bits per heavy atom.